The van der Waals surface area contributed by atoms with Crippen LogP contribution >= 0.6 is 23.2 Å². The number of aromatic nitrogens is 1. The summed E-state index contributed by atoms with van der Waals surface area (Å²) in [4.78, 5) is 4.07. The molecule has 1 aromatic heterocycles. The van der Waals surface area contributed by atoms with E-state index in [-0.39, 0.29) is 6.04 Å². The van der Waals surface area contributed by atoms with E-state index in [1.807, 2.05) is 13.0 Å². The van der Waals surface area contributed by atoms with Crippen LogP contribution < -0.4 is 5.73 Å². The molecule has 1 aromatic carbocycles. The van der Waals surface area contributed by atoms with Crippen molar-refractivity contribution in [2.75, 3.05) is 0 Å². The van der Waals surface area contributed by atoms with E-state index in [0.29, 0.717) is 10.0 Å². The summed E-state index contributed by atoms with van der Waals surface area (Å²) in [7, 11) is 0. The molecule has 0 saturated carbocycles. The number of nitrogens with zero attached hydrogens (tertiary/aromatic N) is 1. The number of pyridine rings is 1. The zero-order valence-corrected chi connectivity index (χ0v) is 9.68. The van der Waals surface area contributed by atoms with Gasteiger partial charge in [0.25, 0.3) is 0 Å². The molecule has 0 amide bonds. The average Bonchev–Trinajstić information content (AvgIpc) is 2.23. The second-order valence-corrected chi connectivity index (χ2v) is 4.26. The smallest absolute Gasteiger partial charge is 0.0671 e. The largest absolute Gasteiger partial charge is 0.324 e. The fourth-order valence-corrected chi connectivity index (χ4v) is 2.04. The Balaban J connectivity index is 2.88. The molecule has 2 N–H and O–H groups in total. The van der Waals surface area contributed by atoms with Gasteiger partial charge >= 0.3 is 0 Å². The zero-order valence-electron chi connectivity index (χ0n) is 8.17. The molecule has 1 atom stereocenters. The Morgan fingerprint density at radius 2 is 2.07 bits per heavy atom. The van der Waals surface area contributed by atoms with Gasteiger partial charge in [0.05, 0.1) is 10.0 Å². The van der Waals surface area contributed by atoms with Gasteiger partial charge in [0.2, 0.25) is 0 Å². The summed E-state index contributed by atoms with van der Waals surface area (Å²) in [5.41, 5.74) is 6.83. The van der Waals surface area contributed by atoms with Crippen LogP contribution in [0.5, 0.6) is 0 Å². The molecule has 1 heterocycles. The monoisotopic (exact) mass is 240 g/mol. The van der Waals surface area contributed by atoms with Gasteiger partial charge in [0.1, 0.15) is 0 Å². The molecule has 2 rings (SSSR count). The van der Waals surface area contributed by atoms with Gasteiger partial charge < -0.3 is 5.73 Å². The standard InChI is InChI=1S/C11H10Cl2N2/c1-6(14)8-4-10(12)11(13)7-2-3-15-5-9(7)8/h2-6H,14H2,1H3. The number of hydrogen-bond donors (Lipinski definition) is 1. The number of nitrogens with two attached hydrogens (primary N) is 1. The summed E-state index contributed by atoms with van der Waals surface area (Å²) in [5.74, 6) is 0. The molecule has 0 aliphatic heterocycles. The van der Waals surface area contributed by atoms with Crippen molar-refractivity contribution < 1.29 is 0 Å². The van der Waals surface area contributed by atoms with E-state index >= 15 is 0 Å². The van der Waals surface area contributed by atoms with Crippen molar-refractivity contribution in [3.8, 4) is 0 Å². The Labute approximate surface area is 98.0 Å². The van der Waals surface area contributed by atoms with Crippen LogP contribution in [0.1, 0.15) is 18.5 Å². The quantitative estimate of drug-likeness (QED) is 0.828. The van der Waals surface area contributed by atoms with Crippen LogP contribution in [0.25, 0.3) is 10.8 Å². The lowest BCUT2D eigenvalue weighted by molar-refractivity contribution is 0.826. The van der Waals surface area contributed by atoms with E-state index in [2.05, 4.69) is 4.98 Å². The Kier molecular flexibility index (Phi) is 2.83. The molecule has 0 bridgehead atoms. The third kappa shape index (κ3) is 1.81. The predicted octanol–water partition coefficient (Wildman–Crippen LogP) is 3.56. The van der Waals surface area contributed by atoms with Crippen LogP contribution in [-0.2, 0) is 0 Å². The lowest BCUT2D eigenvalue weighted by Crippen LogP contribution is -2.05. The van der Waals surface area contributed by atoms with Crippen molar-refractivity contribution in [1.29, 1.82) is 0 Å². The number of halogens is 2. The van der Waals surface area contributed by atoms with E-state index in [4.69, 9.17) is 28.9 Å². The van der Waals surface area contributed by atoms with Gasteiger partial charge in [-0.2, -0.15) is 0 Å². The Morgan fingerprint density at radius 1 is 1.33 bits per heavy atom. The molecule has 0 aliphatic carbocycles. The van der Waals surface area contributed by atoms with Crippen molar-refractivity contribution in [1.82, 2.24) is 4.98 Å². The highest BCUT2D eigenvalue weighted by Gasteiger charge is 2.11. The van der Waals surface area contributed by atoms with Gasteiger partial charge in [-0.3, -0.25) is 4.98 Å². The summed E-state index contributed by atoms with van der Waals surface area (Å²) in [6, 6.07) is 3.56. The maximum absolute atomic E-state index is 6.10. The fourth-order valence-electron chi connectivity index (χ4n) is 1.60. The maximum Gasteiger partial charge on any atom is 0.0671 e. The molecule has 0 spiro atoms. The van der Waals surface area contributed by atoms with Crippen LogP contribution in [0, 0.1) is 0 Å². The molecule has 2 aromatic rings. The van der Waals surface area contributed by atoms with Crippen LogP contribution in [0.3, 0.4) is 0 Å². The topological polar surface area (TPSA) is 38.9 Å². The minimum Gasteiger partial charge on any atom is -0.324 e. The summed E-state index contributed by atoms with van der Waals surface area (Å²) in [6.07, 6.45) is 3.45. The minimum absolute atomic E-state index is 0.0912. The van der Waals surface area contributed by atoms with E-state index < -0.39 is 0 Å². The first-order valence-corrected chi connectivity index (χ1v) is 5.34. The van der Waals surface area contributed by atoms with Gasteiger partial charge in [0, 0.05) is 29.2 Å². The fraction of sp³-hybridized carbons (Fsp3) is 0.182. The Bertz CT molecular complexity index is 509. The summed E-state index contributed by atoms with van der Waals surface area (Å²) >= 11 is 12.1. The van der Waals surface area contributed by atoms with E-state index in [0.717, 1.165) is 16.3 Å². The molecule has 15 heavy (non-hydrogen) atoms. The number of hydrogen-bond acceptors (Lipinski definition) is 2. The van der Waals surface area contributed by atoms with Gasteiger partial charge in [-0.25, -0.2) is 0 Å². The summed E-state index contributed by atoms with van der Waals surface area (Å²) in [6.45, 7) is 1.91. The molecule has 0 fully saturated rings. The first-order chi connectivity index (χ1) is 7.11. The molecule has 2 nitrogen and oxygen atoms in total. The highest BCUT2D eigenvalue weighted by Crippen LogP contribution is 2.34. The highest BCUT2D eigenvalue weighted by molar-refractivity contribution is 6.45. The predicted molar refractivity (Wildman–Crippen MR) is 64.4 cm³/mol. The first-order valence-electron chi connectivity index (χ1n) is 4.58. The van der Waals surface area contributed by atoms with Crippen LogP contribution in [-0.4, -0.2) is 4.98 Å². The molecule has 0 aliphatic rings. The Morgan fingerprint density at radius 3 is 2.73 bits per heavy atom. The molecular formula is C11H10Cl2N2. The first kappa shape index (κ1) is 10.7. The maximum atomic E-state index is 6.10. The molecule has 0 radical (unpaired) electrons. The minimum atomic E-state index is -0.0912. The second-order valence-electron chi connectivity index (χ2n) is 3.47. The molecule has 78 valence electrons. The van der Waals surface area contributed by atoms with E-state index in [1.54, 1.807) is 18.5 Å². The van der Waals surface area contributed by atoms with E-state index in [1.165, 1.54) is 0 Å². The zero-order chi connectivity index (χ0) is 11.0. The molecule has 1 unspecified atom stereocenters. The number of benzene rings is 1. The lowest BCUT2D eigenvalue weighted by atomic mass is 10.0. The summed E-state index contributed by atoms with van der Waals surface area (Å²) < 4.78 is 0. The van der Waals surface area contributed by atoms with Gasteiger partial charge in [0.15, 0.2) is 0 Å². The van der Waals surface area contributed by atoms with E-state index in [9.17, 15) is 0 Å². The van der Waals surface area contributed by atoms with Gasteiger partial charge in [-0.1, -0.05) is 23.2 Å². The van der Waals surface area contributed by atoms with Gasteiger partial charge in [-0.05, 0) is 24.6 Å². The van der Waals surface area contributed by atoms with Crippen LogP contribution in [0.2, 0.25) is 10.0 Å². The van der Waals surface area contributed by atoms with Crippen LogP contribution in [0.4, 0.5) is 0 Å². The van der Waals surface area contributed by atoms with Crippen molar-refractivity contribution in [3.63, 3.8) is 0 Å². The highest BCUT2D eigenvalue weighted by atomic mass is 35.5. The molecule has 0 saturated heterocycles. The third-order valence-electron chi connectivity index (χ3n) is 2.35. The third-order valence-corrected chi connectivity index (χ3v) is 3.15. The molecular weight excluding hydrogens is 231 g/mol. The number of fused-ring (bicyclic) bond motifs is 1. The van der Waals surface area contributed by atoms with Crippen molar-refractivity contribution in [3.05, 3.63) is 40.1 Å². The SMILES string of the molecule is CC(N)c1cc(Cl)c(Cl)c2ccncc12. The van der Waals surface area contributed by atoms with Crippen molar-refractivity contribution >= 4 is 34.0 Å². The number of rotatable bonds is 1. The van der Waals surface area contributed by atoms with Gasteiger partial charge in [-0.15, -0.1) is 0 Å². The summed E-state index contributed by atoms with van der Waals surface area (Å²) in [5, 5.41) is 2.94. The molecule has 4 heteroatoms. The normalized spacial score (nSPS) is 13.1. The average molecular weight is 241 g/mol. The van der Waals surface area contributed by atoms with Crippen molar-refractivity contribution in [2.24, 2.45) is 5.73 Å². The second kappa shape index (κ2) is 3.97. The lowest BCUT2D eigenvalue weighted by Gasteiger charge is -2.12. The Hall–Kier alpha value is -0.830. The van der Waals surface area contributed by atoms with Crippen LogP contribution in [0.15, 0.2) is 24.5 Å². The van der Waals surface area contributed by atoms with Crippen molar-refractivity contribution in [2.45, 2.75) is 13.0 Å².